The number of rotatable bonds is 4. The molecule has 1 heterocycles. The minimum absolute atomic E-state index is 0.919. The Kier molecular flexibility index (Phi) is 5.24. The van der Waals surface area contributed by atoms with Crippen molar-refractivity contribution in [1.82, 2.24) is 0 Å². The van der Waals surface area contributed by atoms with Gasteiger partial charge in [-0.2, -0.15) is 0 Å². The number of nitrogens with zero attached hydrogens (tertiary/aromatic N) is 1. The second-order valence-corrected chi connectivity index (χ2v) is 6.94. The lowest BCUT2D eigenvalue weighted by Gasteiger charge is -2.40. The summed E-state index contributed by atoms with van der Waals surface area (Å²) in [5.41, 5.74) is 1.26. The zero-order chi connectivity index (χ0) is 15.4. The second-order valence-electron chi connectivity index (χ2n) is 6.94. The van der Waals surface area contributed by atoms with Crippen molar-refractivity contribution in [3.8, 4) is 5.75 Å². The van der Waals surface area contributed by atoms with Gasteiger partial charge in [0.05, 0.1) is 45.0 Å². The number of benzene rings is 1. The summed E-state index contributed by atoms with van der Waals surface area (Å²) in [6.07, 6.45) is 7.19. The fraction of sp³-hybridized carbons (Fsp3) is 0.684. The highest BCUT2D eigenvalue weighted by Crippen LogP contribution is 2.28. The summed E-state index contributed by atoms with van der Waals surface area (Å²) in [6.45, 7) is 7.22. The molecule has 0 amide bonds. The first-order valence-electron chi connectivity index (χ1n) is 9.04. The van der Waals surface area contributed by atoms with Gasteiger partial charge in [-0.25, -0.2) is 0 Å². The Labute approximate surface area is 135 Å². The van der Waals surface area contributed by atoms with Gasteiger partial charge < -0.3 is 14.5 Å². The molecule has 1 aliphatic carbocycles. The van der Waals surface area contributed by atoms with Crippen LogP contribution >= 0.6 is 0 Å². The normalized spacial score (nSPS) is 26.9. The molecule has 0 radical (unpaired) electrons. The number of piperazine rings is 1. The van der Waals surface area contributed by atoms with E-state index in [1.165, 1.54) is 50.9 Å². The molecular weight excluding hydrogens is 272 g/mol. The van der Waals surface area contributed by atoms with E-state index in [2.05, 4.69) is 36.1 Å². The SMILES string of the molecule is CCC1CCC([NH+]2CCN(c3ccccc3OC)CC2)CC1. The standard InChI is InChI=1S/C19H30N2O/c1-3-16-8-10-17(11-9-16)20-12-14-21(15-13-20)18-6-4-5-7-19(18)22-2/h4-7,16-17H,3,8-15H2,1-2H3/p+1. The molecule has 3 nitrogen and oxygen atoms in total. The number of quaternary nitrogens is 1. The molecule has 1 aliphatic heterocycles. The van der Waals surface area contributed by atoms with Gasteiger partial charge in [0.15, 0.2) is 0 Å². The van der Waals surface area contributed by atoms with Crippen molar-refractivity contribution in [2.45, 2.75) is 45.1 Å². The van der Waals surface area contributed by atoms with Crippen molar-refractivity contribution in [3.05, 3.63) is 24.3 Å². The van der Waals surface area contributed by atoms with Gasteiger partial charge in [0, 0.05) is 0 Å². The first-order chi connectivity index (χ1) is 10.8. The van der Waals surface area contributed by atoms with Crippen molar-refractivity contribution >= 4 is 5.69 Å². The summed E-state index contributed by atoms with van der Waals surface area (Å²) < 4.78 is 5.52. The third-order valence-corrected chi connectivity index (χ3v) is 5.83. The molecule has 122 valence electrons. The molecule has 2 fully saturated rings. The van der Waals surface area contributed by atoms with Crippen LogP contribution in [-0.4, -0.2) is 39.3 Å². The Hall–Kier alpha value is -1.22. The van der Waals surface area contributed by atoms with Crippen LogP contribution in [0.3, 0.4) is 0 Å². The average Bonchev–Trinajstić information content (AvgIpc) is 2.62. The summed E-state index contributed by atoms with van der Waals surface area (Å²) in [5.74, 6) is 2.01. The maximum Gasteiger partial charge on any atom is 0.142 e. The van der Waals surface area contributed by atoms with Crippen molar-refractivity contribution in [2.75, 3.05) is 38.2 Å². The van der Waals surface area contributed by atoms with Crippen LogP contribution in [0.2, 0.25) is 0 Å². The molecule has 1 N–H and O–H groups in total. The predicted molar refractivity (Wildman–Crippen MR) is 91.9 cm³/mol. The molecule has 1 saturated carbocycles. The molecule has 1 aromatic carbocycles. The third kappa shape index (κ3) is 3.40. The zero-order valence-electron chi connectivity index (χ0n) is 14.2. The summed E-state index contributed by atoms with van der Waals surface area (Å²) in [5, 5.41) is 0. The molecule has 2 aliphatic rings. The zero-order valence-corrected chi connectivity index (χ0v) is 14.2. The lowest BCUT2D eigenvalue weighted by molar-refractivity contribution is -0.927. The highest BCUT2D eigenvalue weighted by molar-refractivity contribution is 5.58. The lowest BCUT2D eigenvalue weighted by atomic mass is 9.84. The molecule has 3 heteroatoms. The van der Waals surface area contributed by atoms with Crippen LogP contribution in [-0.2, 0) is 0 Å². The third-order valence-electron chi connectivity index (χ3n) is 5.83. The lowest BCUT2D eigenvalue weighted by Crippen LogP contribution is -3.18. The Morgan fingerprint density at radius 2 is 1.77 bits per heavy atom. The number of nitrogens with one attached hydrogen (secondary N) is 1. The topological polar surface area (TPSA) is 16.9 Å². The highest BCUT2D eigenvalue weighted by Gasteiger charge is 2.31. The fourth-order valence-electron chi connectivity index (χ4n) is 4.31. The van der Waals surface area contributed by atoms with Gasteiger partial charge in [-0.15, -0.1) is 0 Å². The van der Waals surface area contributed by atoms with Gasteiger partial charge >= 0.3 is 0 Å². The molecule has 0 spiro atoms. The van der Waals surface area contributed by atoms with Gasteiger partial charge in [0.1, 0.15) is 5.75 Å². The van der Waals surface area contributed by atoms with Crippen LogP contribution in [0.15, 0.2) is 24.3 Å². The first kappa shape index (κ1) is 15.7. The molecular formula is C19H31N2O+. The summed E-state index contributed by atoms with van der Waals surface area (Å²) in [4.78, 5) is 4.35. The summed E-state index contributed by atoms with van der Waals surface area (Å²) >= 11 is 0. The minimum atomic E-state index is 0.919. The van der Waals surface area contributed by atoms with E-state index < -0.39 is 0 Å². The smallest absolute Gasteiger partial charge is 0.142 e. The Balaban J connectivity index is 1.54. The Bertz CT molecular complexity index is 460. The molecule has 0 unspecified atom stereocenters. The fourth-order valence-corrected chi connectivity index (χ4v) is 4.31. The van der Waals surface area contributed by atoms with E-state index in [0.717, 1.165) is 30.8 Å². The number of hydrogen-bond acceptors (Lipinski definition) is 2. The molecule has 1 aromatic rings. The van der Waals surface area contributed by atoms with Gasteiger partial charge in [0.2, 0.25) is 0 Å². The summed E-state index contributed by atoms with van der Waals surface area (Å²) in [6, 6.07) is 9.35. The van der Waals surface area contributed by atoms with Crippen molar-refractivity contribution < 1.29 is 9.64 Å². The van der Waals surface area contributed by atoms with Crippen LogP contribution in [0.25, 0.3) is 0 Å². The number of hydrogen-bond donors (Lipinski definition) is 1. The maximum atomic E-state index is 5.52. The van der Waals surface area contributed by atoms with Crippen molar-refractivity contribution in [2.24, 2.45) is 5.92 Å². The number of methoxy groups -OCH3 is 1. The first-order valence-corrected chi connectivity index (χ1v) is 9.04. The molecule has 0 atom stereocenters. The van der Waals surface area contributed by atoms with Crippen LogP contribution in [0.5, 0.6) is 5.75 Å². The van der Waals surface area contributed by atoms with Crippen molar-refractivity contribution in [1.29, 1.82) is 0 Å². The molecule has 0 bridgehead atoms. The quantitative estimate of drug-likeness (QED) is 0.920. The van der Waals surface area contributed by atoms with Crippen molar-refractivity contribution in [3.63, 3.8) is 0 Å². The summed E-state index contributed by atoms with van der Waals surface area (Å²) in [7, 11) is 1.77. The van der Waals surface area contributed by atoms with E-state index in [4.69, 9.17) is 4.74 Å². The second kappa shape index (κ2) is 7.36. The average molecular weight is 303 g/mol. The van der Waals surface area contributed by atoms with Crippen LogP contribution in [0.1, 0.15) is 39.0 Å². The van der Waals surface area contributed by atoms with Gasteiger partial charge in [0.25, 0.3) is 0 Å². The molecule has 0 aromatic heterocycles. The van der Waals surface area contributed by atoms with E-state index >= 15 is 0 Å². The predicted octanol–water partition coefficient (Wildman–Crippen LogP) is 2.37. The van der Waals surface area contributed by atoms with Gasteiger partial charge in [-0.05, 0) is 43.7 Å². The monoisotopic (exact) mass is 303 g/mol. The van der Waals surface area contributed by atoms with Gasteiger partial charge in [-0.1, -0.05) is 25.5 Å². The largest absolute Gasteiger partial charge is 0.495 e. The van der Waals surface area contributed by atoms with E-state index in [1.54, 1.807) is 7.11 Å². The highest BCUT2D eigenvalue weighted by atomic mass is 16.5. The molecule has 3 rings (SSSR count). The van der Waals surface area contributed by atoms with Crippen LogP contribution < -0.4 is 14.5 Å². The van der Waals surface area contributed by atoms with Crippen LogP contribution in [0, 0.1) is 5.92 Å². The number of ether oxygens (including phenoxy) is 1. The van der Waals surface area contributed by atoms with E-state index in [1.807, 2.05) is 4.90 Å². The number of anilines is 1. The van der Waals surface area contributed by atoms with Crippen LogP contribution in [0.4, 0.5) is 5.69 Å². The van der Waals surface area contributed by atoms with E-state index in [0.29, 0.717) is 0 Å². The Morgan fingerprint density at radius 1 is 1.09 bits per heavy atom. The van der Waals surface area contributed by atoms with Gasteiger partial charge in [-0.3, -0.25) is 0 Å². The number of para-hydroxylation sites is 2. The molecule has 1 saturated heterocycles. The molecule has 22 heavy (non-hydrogen) atoms. The van der Waals surface area contributed by atoms with E-state index in [9.17, 15) is 0 Å². The van der Waals surface area contributed by atoms with E-state index in [-0.39, 0.29) is 0 Å². The minimum Gasteiger partial charge on any atom is -0.495 e. The Morgan fingerprint density at radius 3 is 2.41 bits per heavy atom. The maximum absolute atomic E-state index is 5.52.